The van der Waals surface area contributed by atoms with Crippen LogP contribution in [0, 0.1) is 13.8 Å². The van der Waals surface area contributed by atoms with Crippen molar-refractivity contribution in [2.24, 2.45) is 0 Å². The van der Waals surface area contributed by atoms with Gasteiger partial charge < -0.3 is 0 Å². The second-order valence-electron chi connectivity index (χ2n) is 3.13. The van der Waals surface area contributed by atoms with Gasteiger partial charge in [-0.1, -0.05) is 13.8 Å². The van der Waals surface area contributed by atoms with Gasteiger partial charge in [0.2, 0.25) is 0 Å². The molecule has 0 aliphatic carbocycles. The third-order valence-electron chi connectivity index (χ3n) is 2.08. The van der Waals surface area contributed by atoms with Crippen LogP contribution >= 0.6 is 0 Å². The van der Waals surface area contributed by atoms with Crippen molar-refractivity contribution < 1.29 is 8.78 Å². The van der Waals surface area contributed by atoms with E-state index in [2.05, 4.69) is 10.1 Å². The van der Waals surface area contributed by atoms with Gasteiger partial charge in [-0.05, 0) is 26.0 Å². The second-order valence-corrected chi connectivity index (χ2v) is 3.13. The minimum Gasteiger partial charge on any atom is -0.226 e. The van der Waals surface area contributed by atoms with E-state index in [-0.39, 0.29) is 5.69 Å². The van der Waals surface area contributed by atoms with Gasteiger partial charge in [-0.2, -0.15) is 5.10 Å². The maximum Gasteiger partial charge on any atom is 0.282 e. The van der Waals surface area contributed by atoms with Crippen LogP contribution < -0.4 is 0 Å². The molecule has 0 aliphatic heterocycles. The summed E-state index contributed by atoms with van der Waals surface area (Å²) in [6.45, 7) is 7.40. The number of aryl methyl sites for hydroxylation is 2. The van der Waals surface area contributed by atoms with Crippen LogP contribution in [0.5, 0.6) is 0 Å². The molecule has 0 saturated carbocycles. The maximum atomic E-state index is 12.5. The average Bonchev–Trinajstić information content (AvgIpc) is 2.59. The molecule has 0 bridgehead atoms. The predicted octanol–water partition coefficient (Wildman–Crippen LogP) is 3.31. The highest BCUT2D eigenvalue weighted by molar-refractivity contribution is 5.41. The lowest BCUT2D eigenvalue weighted by Gasteiger charge is -1.97. The number of hydrogen-bond donors (Lipinski definition) is 0. The normalized spacial score (nSPS) is 10.4. The number of halogens is 2. The summed E-state index contributed by atoms with van der Waals surface area (Å²) < 4.78 is 26.4. The van der Waals surface area contributed by atoms with Gasteiger partial charge in [-0.15, -0.1) is 0 Å². The van der Waals surface area contributed by atoms with Gasteiger partial charge in [-0.25, -0.2) is 18.3 Å². The van der Waals surface area contributed by atoms with Gasteiger partial charge in [0, 0.05) is 0 Å². The van der Waals surface area contributed by atoms with Crippen LogP contribution in [0.4, 0.5) is 8.78 Å². The van der Waals surface area contributed by atoms with E-state index in [0.717, 1.165) is 5.69 Å². The Bertz CT molecular complexity index is 477. The monoisotopic (exact) mass is 227 g/mol. The molecule has 0 aliphatic rings. The zero-order valence-electron chi connectivity index (χ0n) is 9.83. The Morgan fingerprint density at radius 1 is 1.19 bits per heavy atom. The molecule has 3 nitrogen and oxygen atoms in total. The van der Waals surface area contributed by atoms with E-state index >= 15 is 0 Å². The summed E-state index contributed by atoms with van der Waals surface area (Å²) in [6.07, 6.45) is -2.54. The van der Waals surface area contributed by atoms with Gasteiger partial charge in [-0.3, -0.25) is 0 Å². The summed E-state index contributed by atoms with van der Waals surface area (Å²) in [5.41, 5.74) is 1.45. The van der Waals surface area contributed by atoms with E-state index in [1.54, 1.807) is 26.0 Å². The third-order valence-corrected chi connectivity index (χ3v) is 2.08. The molecule has 0 saturated heterocycles. The Kier molecular flexibility index (Phi) is 3.93. The van der Waals surface area contributed by atoms with Crippen LogP contribution in [-0.4, -0.2) is 14.6 Å². The molecule has 2 rings (SSSR count). The Balaban J connectivity index is 0.000000606. The van der Waals surface area contributed by atoms with Gasteiger partial charge in [0.15, 0.2) is 5.65 Å². The molecule has 0 N–H and O–H groups in total. The van der Waals surface area contributed by atoms with Crippen molar-refractivity contribution >= 4 is 5.65 Å². The first kappa shape index (κ1) is 12.5. The molecule has 0 radical (unpaired) electrons. The summed E-state index contributed by atoms with van der Waals surface area (Å²) in [7, 11) is 0. The molecule has 88 valence electrons. The summed E-state index contributed by atoms with van der Waals surface area (Å²) in [6, 6.07) is 3.43. The molecule has 2 aromatic heterocycles. The standard InChI is InChI=1S/C9H9F2N3.C2H6/c1-5-3-4-7-12-8(9(10)11)6(2)14(7)13-5;1-2/h3-4,9H,1-2H3;1-2H3. The second kappa shape index (κ2) is 5.01. The van der Waals surface area contributed by atoms with Crippen LogP contribution in [0.3, 0.4) is 0 Å². The Labute approximate surface area is 93.1 Å². The molecule has 0 atom stereocenters. The first-order valence-corrected chi connectivity index (χ1v) is 5.20. The lowest BCUT2D eigenvalue weighted by molar-refractivity contribution is 0.146. The average molecular weight is 227 g/mol. The van der Waals surface area contributed by atoms with Crippen LogP contribution in [0.25, 0.3) is 5.65 Å². The zero-order chi connectivity index (χ0) is 12.3. The number of fused-ring (bicyclic) bond motifs is 1. The molecule has 2 heterocycles. The van der Waals surface area contributed by atoms with Gasteiger partial charge >= 0.3 is 0 Å². The number of nitrogens with zero attached hydrogens (tertiary/aromatic N) is 3. The highest BCUT2D eigenvalue weighted by Crippen LogP contribution is 2.22. The quantitative estimate of drug-likeness (QED) is 0.748. The summed E-state index contributed by atoms with van der Waals surface area (Å²) >= 11 is 0. The summed E-state index contributed by atoms with van der Waals surface area (Å²) in [4.78, 5) is 3.80. The fraction of sp³-hybridized carbons (Fsp3) is 0.455. The molecule has 0 aromatic carbocycles. The highest BCUT2D eigenvalue weighted by Gasteiger charge is 2.17. The predicted molar refractivity (Wildman–Crippen MR) is 58.8 cm³/mol. The van der Waals surface area contributed by atoms with Crippen molar-refractivity contribution in [3.63, 3.8) is 0 Å². The molecule has 0 amide bonds. The molecule has 5 heteroatoms. The van der Waals surface area contributed by atoms with Crippen molar-refractivity contribution in [1.29, 1.82) is 0 Å². The van der Waals surface area contributed by atoms with Crippen LogP contribution in [-0.2, 0) is 0 Å². The van der Waals surface area contributed by atoms with E-state index in [9.17, 15) is 8.78 Å². The lowest BCUT2D eigenvalue weighted by Crippen LogP contribution is -1.96. The van der Waals surface area contributed by atoms with Crippen molar-refractivity contribution in [1.82, 2.24) is 14.6 Å². The molecule has 0 fully saturated rings. The minimum atomic E-state index is -2.54. The zero-order valence-corrected chi connectivity index (χ0v) is 9.83. The van der Waals surface area contributed by atoms with Gasteiger partial charge in [0.25, 0.3) is 6.43 Å². The first-order valence-electron chi connectivity index (χ1n) is 5.20. The van der Waals surface area contributed by atoms with Crippen LogP contribution in [0.1, 0.15) is 37.4 Å². The Morgan fingerprint density at radius 3 is 2.38 bits per heavy atom. The molecule has 0 spiro atoms. The largest absolute Gasteiger partial charge is 0.282 e. The lowest BCUT2D eigenvalue weighted by atomic mass is 10.4. The highest BCUT2D eigenvalue weighted by atomic mass is 19.3. The fourth-order valence-electron chi connectivity index (χ4n) is 1.36. The summed E-state index contributed by atoms with van der Waals surface area (Å²) in [5.74, 6) is 0. The molecule has 16 heavy (non-hydrogen) atoms. The SMILES string of the molecule is CC.Cc1ccc2nc(C(F)F)c(C)n2n1. The minimum absolute atomic E-state index is 0.192. The number of rotatable bonds is 1. The number of hydrogen-bond acceptors (Lipinski definition) is 2. The van der Waals surface area contributed by atoms with E-state index in [1.165, 1.54) is 4.52 Å². The van der Waals surface area contributed by atoms with Crippen molar-refractivity contribution in [3.8, 4) is 0 Å². The summed E-state index contributed by atoms with van der Waals surface area (Å²) in [5, 5.41) is 4.10. The molecule has 2 aromatic rings. The van der Waals surface area contributed by atoms with Crippen LogP contribution in [0.2, 0.25) is 0 Å². The number of imidazole rings is 1. The first-order chi connectivity index (χ1) is 7.59. The maximum absolute atomic E-state index is 12.5. The van der Waals surface area contributed by atoms with Gasteiger partial charge in [0.1, 0.15) is 5.69 Å². The van der Waals surface area contributed by atoms with E-state index in [1.807, 2.05) is 13.8 Å². The number of aromatic nitrogens is 3. The smallest absolute Gasteiger partial charge is 0.226 e. The Hall–Kier alpha value is -1.52. The topological polar surface area (TPSA) is 30.2 Å². The van der Waals surface area contributed by atoms with E-state index in [0.29, 0.717) is 11.3 Å². The van der Waals surface area contributed by atoms with E-state index in [4.69, 9.17) is 0 Å². The fourth-order valence-corrected chi connectivity index (χ4v) is 1.36. The van der Waals surface area contributed by atoms with Crippen molar-refractivity contribution in [3.05, 3.63) is 29.2 Å². The molecular formula is C11H15F2N3. The third kappa shape index (κ3) is 2.18. The van der Waals surface area contributed by atoms with E-state index < -0.39 is 6.43 Å². The van der Waals surface area contributed by atoms with Gasteiger partial charge in [0.05, 0.1) is 11.4 Å². The number of alkyl halides is 2. The molecular weight excluding hydrogens is 212 g/mol. The Morgan fingerprint density at radius 2 is 1.81 bits per heavy atom. The van der Waals surface area contributed by atoms with Crippen molar-refractivity contribution in [2.75, 3.05) is 0 Å². The molecule has 0 unspecified atom stereocenters. The van der Waals surface area contributed by atoms with Crippen molar-refractivity contribution in [2.45, 2.75) is 34.1 Å². The van der Waals surface area contributed by atoms with Crippen LogP contribution in [0.15, 0.2) is 12.1 Å².